The van der Waals surface area contributed by atoms with Crippen molar-refractivity contribution in [2.45, 2.75) is 155 Å². The van der Waals surface area contributed by atoms with Crippen LogP contribution in [0.4, 0.5) is 0 Å². The highest BCUT2D eigenvalue weighted by atomic mass is 16.4. The quantitative estimate of drug-likeness (QED) is 0.0957. The number of aliphatic hydroxyl groups excluding tert-OH is 4. The van der Waals surface area contributed by atoms with Gasteiger partial charge in [0.15, 0.2) is 24.4 Å². The average Bonchev–Trinajstić information content (AvgIpc) is 4.18. The first-order valence-electron chi connectivity index (χ1n) is 25.8. The fraction of sp³-hybridized carbons (Fsp3) is 0.571. The molecule has 0 aliphatic carbocycles. The summed E-state index contributed by atoms with van der Waals surface area (Å²) in [5.41, 5.74) is 15.7. The van der Waals surface area contributed by atoms with Crippen molar-refractivity contribution in [1.29, 1.82) is 0 Å². The molecule has 8 heterocycles. The highest BCUT2D eigenvalue weighted by molar-refractivity contribution is 5.83. The first-order chi connectivity index (χ1) is 35.7. The van der Waals surface area contributed by atoms with Crippen molar-refractivity contribution >= 4 is 23.9 Å². The zero-order valence-electron chi connectivity index (χ0n) is 46.5. The van der Waals surface area contributed by atoms with Gasteiger partial charge in [-0.2, -0.15) is 0 Å². The SMILES string of the molecule is Cc1cc(C)c([C@@H]2CCCN2C)cn1.Cc1cc(C)c([C@@H]2CCCN2C)cn1.Cc1cc(C)c([C@@H]2CCCN2C)cn1.Cc1cc(C)c([C@@H]2CCCN2C)cn1.O=C(O)C(O)C(O)C(=O)O.O=C(O)C(O)C(O)C(=O)O. The lowest BCUT2D eigenvalue weighted by molar-refractivity contribution is -0.165. The molecule has 4 fully saturated rings. The second-order valence-electron chi connectivity index (χ2n) is 20.4. The molecule has 420 valence electrons. The van der Waals surface area contributed by atoms with Gasteiger partial charge in [-0.15, -0.1) is 0 Å². The average molecular weight is 1060 g/mol. The number of likely N-dealkylation sites (tertiary alicyclic amines) is 4. The molecule has 76 heavy (non-hydrogen) atoms. The maximum atomic E-state index is 9.77. The van der Waals surface area contributed by atoms with Gasteiger partial charge < -0.3 is 40.9 Å². The number of pyridine rings is 4. The fourth-order valence-corrected chi connectivity index (χ4v) is 9.98. The largest absolute Gasteiger partial charge is 0.479 e. The Bertz CT molecular complexity index is 2190. The fourth-order valence-electron chi connectivity index (χ4n) is 9.98. The molecule has 8 rings (SSSR count). The molecule has 4 aliphatic heterocycles. The number of hydrogen-bond donors (Lipinski definition) is 8. The van der Waals surface area contributed by atoms with E-state index in [4.69, 9.17) is 40.9 Å². The van der Waals surface area contributed by atoms with Crippen molar-refractivity contribution in [3.8, 4) is 0 Å². The van der Waals surface area contributed by atoms with Crippen molar-refractivity contribution in [3.05, 3.63) is 116 Å². The molecule has 0 aromatic carbocycles. The number of carbonyl (C=O) groups is 4. The number of hydrogen-bond acceptors (Lipinski definition) is 16. The predicted octanol–water partition coefficient (Wildman–Crippen LogP) is 5.62. The standard InChI is InChI=1S/4C12H18N2.2C4H6O6/c4*1-9-7-10(2)13-8-11(9)12-5-4-6-14(12)3;2*5-1(3(7)8)2(6)4(9)10/h4*7-8,12H,4-6H2,1-3H3;2*1-2,5-6H,(H,7,8)(H,9,10)/t4*12-;;/m0000../s1. The molecule has 4 saturated heterocycles. The van der Waals surface area contributed by atoms with Crippen LogP contribution in [-0.4, -0.2) is 183 Å². The van der Waals surface area contributed by atoms with Gasteiger partial charge in [0.1, 0.15) is 0 Å². The first kappa shape index (κ1) is 64.4. The van der Waals surface area contributed by atoms with Crippen molar-refractivity contribution in [3.63, 3.8) is 0 Å². The summed E-state index contributed by atoms with van der Waals surface area (Å²) in [6.07, 6.45) is 9.52. The minimum Gasteiger partial charge on any atom is -0.479 e. The van der Waals surface area contributed by atoms with E-state index in [1.54, 1.807) is 0 Å². The molecule has 0 spiro atoms. The Hall–Kier alpha value is -5.84. The Morgan fingerprint density at radius 2 is 0.553 bits per heavy atom. The smallest absolute Gasteiger partial charge is 0.335 e. The Balaban J connectivity index is 0.000000242. The second kappa shape index (κ2) is 30.8. The van der Waals surface area contributed by atoms with E-state index >= 15 is 0 Å². The van der Waals surface area contributed by atoms with Gasteiger partial charge >= 0.3 is 23.9 Å². The highest BCUT2D eigenvalue weighted by Crippen LogP contribution is 2.35. The Morgan fingerprint density at radius 3 is 0.671 bits per heavy atom. The van der Waals surface area contributed by atoms with Crippen LogP contribution in [0.5, 0.6) is 0 Å². The van der Waals surface area contributed by atoms with Gasteiger partial charge in [0.2, 0.25) is 0 Å². The van der Waals surface area contributed by atoms with Crippen molar-refractivity contribution in [1.82, 2.24) is 39.5 Å². The van der Waals surface area contributed by atoms with Crippen LogP contribution in [0.25, 0.3) is 0 Å². The molecule has 4 aliphatic rings. The summed E-state index contributed by atoms with van der Waals surface area (Å²) in [5, 5.41) is 65.1. The molecule has 20 heteroatoms. The van der Waals surface area contributed by atoms with E-state index in [0.717, 1.165) is 22.8 Å². The maximum absolute atomic E-state index is 9.77. The lowest BCUT2D eigenvalue weighted by atomic mass is 10.0. The van der Waals surface area contributed by atoms with Crippen LogP contribution in [0.1, 0.15) is 143 Å². The molecule has 0 saturated carbocycles. The van der Waals surface area contributed by atoms with Crippen molar-refractivity contribution in [2.24, 2.45) is 0 Å². The molecular weight excluding hydrogens is 977 g/mol. The number of aryl methyl sites for hydroxylation is 8. The number of aliphatic hydroxyl groups is 4. The van der Waals surface area contributed by atoms with Crippen LogP contribution in [-0.2, 0) is 19.2 Å². The molecule has 0 amide bonds. The van der Waals surface area contributed by atoms with Gasteiger partial charge in [-0.3, -0.25) is 39.5 Å². The first-order valence-corrected chi connectivity index (χ1v) is 25.8. The third kappa shape index (κ3) is 19.3. The molecule has 4 unspecified atom stereocenters. The van der Waals surface area contributed by atoms with Crippen LogP contribution >= 0.6 is 0 Å². The Labute approximate surface area is 448 Å². The Morgan fingerprint density at radius 1 is 0.382 bits per heavy atom. The molecular formula is C56H84N8O12. The van der Waals surface area contributed by atoms with E-state index in [0.29, 0.717) is 24.2 Å². The van der Waals surface area contributed by atoms with E-state index in [-0.39, 0.29) is 0 Å². The third-order valence-corrected chi connectivity index (χ3v) is 14.3. The number of carboxylic acid groups (broad SMARTS) is 4. The molecule has 20 nitrogen and oxygen atoms in total. The van der Waals surface area contributed by atoms with Crippen molar-refractivity contribution < 1.29 is 60.0 Å². The summed E-state index contributed by atoms with van der Waals surface area (Å²) in [7, 11) is 8.82. The number of aromatic nitrogens is 4. The summed E-state index contributed by atoms with van der Waals surface area (Å²) in [6.45, 7) is 21.8. The minimum absolute atomic E-state index is 0.600. The topological polar surface area (TPSA) is 295 Å². The lowest BCUT2D eigenvalue weighted by Crippen LogP contribution is -2.39. The van der Waals surface area contributed by atoms with Gasteiger partial charge in [-0.1, -0.05) is 0 Å². The van der Waals surface area contributed by atoms with Gasteiger partial charge in [0.25, 0.3) is 0 Å². The third-order valence-electron chi connectivity index (χ3n) is 14.3. The zero-order valence-corrected chi connectivity index (χ0v) is 46.5. The monoisotopic (exact) mass is 1060 g/mol. The maximum Gasteiger partial charge on any atom is 0.335 e. The zero-order chi connectivity index (χ0) is 57.1. The minimum atomic E-state index is -2.27. The van der Waals surface area contributed by atoms with E-state index in [9.17, 15) is 19.2 Å². The van der Waals surface area contributed by atoms with E-state index in [1.807, 2.05) is 0 Å². The molecule has 8 atom stereocenters. The van der Waals surface area contributed by atoms with E-state index < -0.39 is 48.3 Å². The summed E-state index contributed by atoms with van der Waals surface area (Å²) in [4.78, 5) is 66.4. The van der Waals surface area contributed by atoms with E-state index in [1.165, 1.54) is 122 Å². The van der Waals surface area contributed by atoms with Crippen LogP contribution in [0.15, 0.2) is 49.1 Å². The summed E-state index contributed by atoms with van der Waals surface area (Å²) in [5.74, 6) is -7.07. The summed E-state index contributed by atoms with van der Waals surface area (Å²) >= 11 is 0. The van der Waals surface area contributed by atoms with Crippen LogP contribution < -0.4 is 0 Å². The van der Waals surface area contributed by atoms with Crippen LogP contribution in [0.2, 0.25) is 0 Å². The molecule has 4 aromatic heterocycles. The van der Waals surface area contributed by atoms with E-state index in [2.05, 4.69) is 172 Å². The van der Waals surface area contributed by atoms with Crippen LogP contribution in [0, 0.1) is 55.4 Å². The molecule has 8 N–H and O–H groups in total. The lowest BCUT2D eigenvalue weighted by Gasteiger charge is -2.21. The molecule has 0 radical (unpaired) electrons. The summed E-state index contributed by atoms with van der Waals surface area (Å²) < 4.78 is 0. The summed E-state index contributed by atoms with van der Waals surface area (Å²) in [6, 6.07) is 11.1. The number of aliphatic carboxylic acids is 4. The second-order valence-corrected chi connectivity index (χ2v) is 20.4. The van der Waals surface area contributed by atoms with Crippen LogP contribution in [0.3, 0.4) is 0 Å². The normalized spacial score (nSPS) is 21.1. The van der Waals surface area contributed by atoms with Gasteiger partial charge in [-0.05, 0) is 230 Å². The number of carboxylic acids is 4. The number of rotatable bonds is 10. The van der Waals surface area contributed by atoms with Gasteiger partial charge in [0.05, 0.1) is 0 Å². The predicted molar refractivity (Wildman–Crippen MR) is 288 cm³/mol. The molecule has 4 aromatic rings. The van der Waals surface area contributed by atoms with Crippen molar-refractivity contribution in [2.75, 3.05) is 54.4 Å². The highest BCUT2D eigenvalue weighted by Gasteiger charge is 2.31. The molecule has 0 bridgehead atoms. The Kier molecular flexibility index (Phi) is 26.1. The van der Waals surface area contributed by atoms with Gasteiger partial charge in [-0.25, -0.2) is 19.2 Å². The van der Waals surface area contributed by atoms with Gasteiger partial charge in [0, 0.05) is 71.7 Å². The number of nitrogens with zero attached hydrogens (tertiary/aromatic N) is 8.